The third kappa shape index (κ3) is 3.21. The molecular formula is C5H8NO2. The maximum Gasteiger partial charge on any atom is 0.255 e. The van der Waals surface area contributed by atoms with Gasteiger partial charge in [0.2, 0.25) is 0 Å². The van der Waals surface area contributed by atoms with Gasteiger partial charge in [-0.05, 0) is 0 Å². The highest BCUT2D eigenvalue weighted by molar-refractivity contribution is 5.82. The lowest BCUT2D eigenvalue weighted by Crippen LogP contribution is -2.14. The number of carbonyl (C=O) groups excluding carboxylic acids is 1. The first-order valence-electron chi connectivity index (χ1n) is 2.14. The number of nitrogens with one attached hydrogen (secondary N) is 1. The predicted molar refractivity (Wildman–Crippen MR) is 28.9 cm³/mol. The Labute approximate surface area is 48.3 Å². The SMILES string of the molecule is CNC(=O)/[C]=C/OC. The number of rotatable bonds is 2. The van der Waals surface area contributed by atoms with Crippen LogP contribution < -0.4 is 5.32 Å². The molecule has 0 rings (SSSR count). The van der Waals surface area contributed by atoms with Gasteiger partial charge in [-0.3, -0.25) is 4.79 Å². The van der Waals surface area contributed by atoms with Gasteiger partial charge in [-0.1, -0.05) is 0 Å². The molecule has 1 N–H and O–H groups in total. The van der Waals surface area contributed by atoms with E-state index in [9.17, 15) is 4.79 Å². The molecule has 0 fully saturated rings. The van der Waals surface area contributed by atoms with Crippen molar-refractivity contribution in [3.05, 3.63) is 12.3 Å². The van der Waals surface area contributed by atoms with E-state index in [1.165, 1.54) is 20.4 Å². The lowest BCUT2D eigenvalue weighted by molar-refractivity contribution is -0.116. The van der Waals surface area contributed by atoms with Crippen LogP contribution >= 0.6 is 0 Å². The van der Waals surface area contributed by atoms with Crippen LogP contribution in [0, 0.1) is 6.08 Å². The fraction of sp³-hybridized carbons (Fsp3) is 0.400. The summed E-state index contributed by atoms with van der Waals surface area (Å²) in [6.45, 7) is 0. The van der Waals surface area contributed by atoms with Crippen LogP contribution in [0.5, 0.6) is 0 Å². The molecule has 1 amide bonds. The molecule has 0 aliphatic carbocycles. The molecule has 0 bridgehead atoms. The highest BCUT2D eigenvalue weighted by Gasteiger charge is 1.85. The van der Waals surface area contributed by atoms with Gasteiger partial charge in [0.1, 0.15) is 0 Å². The fourth-order valence-corrected chi connectivity index (χ4v) is 0.185. The maximum absolute atomic E-state index is 10.2. The molecule has 0 aromatic heterocycles. The molecule has 0 unspecified atom stereocenters. The van der Waals surface area contributed by atoms with Gasteiger partial charge in [0.15, 0.2) is 0 Å². The average Bonchev–Trinajstić information content (AvgIpc) is 1.83. The van der Waals surface area contributed by atoms with Gasteiger partial charge in [0.05, 0.1) is 19.4 Å². The van der Waals surface area contributed by atoms with Crippen LogP contribution in [0.15, 0.2) is 6.26 Å². The van der Waals surface area contributed by atoms with Crippen molar-refractivity contribution in [1.29, 1.82) is 0 Å². The molecule has 3 heteroatoms. The zero-order chi connectivity index (χ0) is 6.41. The Morgan fingerprint density at radius 3 is 2.88 bits per heavy atom. The van der Waals surface area contributed by atoms with E-state index in [2.05, 4.69) is 16.1 Å². The maximum atomic E-state index is 10.2. The normalized spacial score (nSPS) is 9.25. The highest BCUT2D eigenvalue weighted by Crippen LogP contribution is 1.68. The summed E-state index contributed by atoms with van der Waals surface area (Å²) >= 11 is 0. The van der Waals surface area contributed by atoms with Gasteiger partial charge in [0, 0.05) is 7.05 Å². The minimum absolute atomic E-state index is 0.285. The van der Waals surface area contributed by atoms with Crippen LogP contribution in [-0.2, 0) is 9.53 Å². The lowest BCUT2D eigenvalue weighted by atomic mass is 10.6. The smallest absolute Gasteiger partial charge is 0.255 e. The molecule has 8 heavy (non-hydrogen) atoms. The van der Waals surface area contributed by atoms with Gasteiger partial charge in [-0.2, -0.15) is 0 Å². The summed E-state index contributed by atoms with van der Waals surface area (Å²) in [5.41, 5.74) is 0. The van der Waals surface area contributed by atoms with E-state index < -0.39 is 0 Å². The third-order valence-corrected chi connectivity index (χ3v) is 0.535. The standard InChI is InChI=1S/C5H8NO2/c1-6-5(7)3-4-8-2/h4H,1-2H3,(H,6,7). The molecule has 0 spiro atoms. The molecule has 45 valence electrons. The quantitative estimate of drug-likeness (QED) is 0.395. The molecule has 0 saturated heterocycles. The van der Waals surface area contributed by atoms with Gasteiger partial charge < -0.3 is 10.1 Å². The largest absolute Gasteiger partial charge is 0.504 e. The number of amides is 1. The molecule has 0 aliphatic rings. The van der Waals surface area contributed by atoms with E-state index in [1.54, 1.807) is 0 Å². The monoisotopic (exact) mass is 114 g/mol. The molecule has 3 nitrogen and oxygen atoms in total. The Kier molecular flexibility index (Phi) is 3.66. The van der Waals surface area contributed by atoms with Crippen LogP contribution in [0.25, 0.3) is 0 Å². The Morgan fingerprint density at radius 1 is 1.88 bits per heavy atom. The first kappa shape index (κ1) is 7.01. The molecular weight excluding hydrogens is 106 g/mol. The molecule has 0 aliphatic heterocycles. The second-order valence-electron chi connectivity index (χ2n) is 1.08. The van der Waals surface area contributed by atoms with E-state index in [-0.39, 0.29) is 5.91 Å². The second-order valence-corrected chi connectivity index (χ2v) is 1.08. The van der Waals surface area contributed by atoms with Crippen molar-refractivity contribution in [3.63, 3.8) is 0 Å². The van der Waals surface area contributed by atoms with Gasteiger partial charge in [-0.15, -0.1) is 0 Å². The summed E-state index contributed by atoms with van der Waals surface area (Å²) in [5, 5.41) is 2.34. The molecule has 0 heterocycles. The van der Waals surface area contributed by atoms with Crippen LogP contribution in [0.4, 0.5) is 0 Å². The number of ether oxygens (including phenoxy) is 1. The van der Waals surface area contributed by atoms with Crippen LogP contribution in [0.3, 0.4) is 0 Å². The number of carbonyl (C=O) groups is 1. The molecule has 0 aromatic carbocycles. The first-order valence-corrected chi connectivity index (χ1v) is 2.14. The summed E-state index contributed by atoms with van der Waals surface area (Å²) in [6, 6.07) is 0. The van der Waals surface area contributed by atoms with E-state index in [0.29, 0.717) is 0 Å². The fourth-order valence-electron chi connectivity index (χ4n) is 0.185. The number of likely N-dealkylation sites (N-methyl/N-ethyl adjacent to an activating group) is 1. The zero-order valence-corrected chi connectivity index (χ0v) is 4.89. The molecule has 1 radical (unpaired) electrons. The van der Waals surface area contributed by atoms with Crippen molar-refractivity contribution in [1.82, 2.24) is 5.32 Å². The minimum Gasteiger partial charge on any atom is -0.504 e. The summed E-state index contributed by atoms with van der Waals surface area (Å²) in [6.07, 6.45) is 3.48. The summed E-state index contributed by atoms with van der Waals surface area (Å²) in [4.78, 5) is 10.2. The third-order valence-electron chi connectivity index (χ3n) is 0.535. The van der Waals surface area contributed by atoms with Gasteiger partial charge in [-0.25, -0.2) is 0 Å². The Morgan fingerprint density at radius 2 is 2.50 bits per heavy atom. The van der Waals surface area contributed by atoms with E-state index >= 15 is 0 Å². The predicted octanol–water partition coefficient (Wildman–Crippen LogP) is -0.304. The summed E-state index contributed by atoms with van der Waals surface area (Å²) < 4.78 is 4.42. The Hall–Kier alpha value is -0.990. The number of hydrogen-bond donors (Lipinski definition) is 1. The van der Waals surface area contributed by atoms with Crippen molar-refractivity contribution in [2.75, 3.05) is 14.2 Å². The van der Waals surface area contributed by atoms with Crippen molar-refractivity contribution in [2.45, 2.75) is 0 Å². The second kappa shape index (κ2) is 4.18. The van der Waals surface area contributed by atoms with Crippen molar-refractivity contribution in [3.8, 4) is 0 Å². The Bertz CT molecular complexity index is 98.6. The van der Waals surface area contributed by atoms with Crippen LogP contribution in [0.1, 0.15) is 0 Å². The van der Waals surface area contributed by atoms with E-state index in [0.717, 1.165) is 0 Å². The number of hydrogen-bond acceptors (Lipinski definition) is 2. The van der Waals surface area contributed by atoms with Crippen molar-refractivity contribution < 1.29 is 9.53 Å². The van der Waals surface area contributed by atoms with Crippen molar-refractivity contribution >= 4 is 5.91 Å². The molecule has 0 saturated carbocycles. The zero-order valence-electron chi connectivity index (χ0n) is 4.89. The van der Waals surface area contributed by atoms with Crippen LogP contribution in [-0.4, -0.2) is 20.1 Å². The van der Waals surface area contributed by atoms with Gasteiger partial charge in [0.25, 0.3) is 5.91 Å². The minimum atomic E-state index is -0.285. The summed E-state index contributed by atoms with van der Waals surface area (Å²) in [5.74, 6) is -0.285. The number of methoxy groups -OCH3 is 1. The van der Waals surface area contributed by atoms with Crippen molar-refractivity contribution in [2.24, 2.45) is 0 Å². The van der Waals surface area contributed by atoms with E-state index in [1.807, 2.05) is 0 Å². The Balaban J connectivity index is 3.37. The van der Waals surface area contributed by atoms with E-state index in [4.69, 9.17) is 0 Å². The van der Waals surface area contributed by atoms with Gasteiger partial charge >= 0.3 is 0 Å². The molecule has 0 atom stereocenters. The lowest BCUT2D eigenvalue weighted by Gasteiger charge is -1.86. The first-order chi connectivity index (χ1) is 3.81. The highest BCUT2D eigenvalue weighted by atomic mass is 16.5. The average molecular weight is 114 g/mol. The van der Waals surface area contributed by atoms with Crippen LogP contribution in [0.2, 0.25) is 0 Å². The summed E-state index contributed by atoms with van der Waals surface area (Å²) in [7, 11) is 2.98. The molecule has 0 aromatic rings. The topological polar surface area (TPSA) is 38.3 Å².